The maximum absolute atomic E-state index is 12.7. The average molecular weight is 440 g/mol. The highest BCUT2D eigenvalue weighted by Gasteiger charge is 2.31. The van der Waals surface area contributed by atoms with Gasteiger partial charge in [0.2, 0.25) is 0 Å². The molecule has 2 aromatic rings. The van der Waals surface area contributed by atoms with Crippen molar-refractivity contribution in [2.24, 2.45) is 0 Å². The van der Waals surface area contributed by atoms with Crippen LogP contribution in [0.1, 0.15) is 62.0 Å². The molecule has 0 radical (unpaired) electrons. The monoisotopic (exact) mass is 439 g/mol. The Balaban J connectivity index is 1.69. The number of benzene rings is 1. The Kier molecular flexibility index (Phi) is 8.51. The van der Waals surface area contributed by atoms with E-state index in [1.807, 2.05) is 26.8 Å². The Morgan fingerprint density at radius 1 is 1.22 bits per heavy atom. The standard InChI is InChI=1S/C26H37N3O3/c1-6-16-31-23-10-8-21(9-11-23)17-28(7-2)22-13-15-29(18-22)25-24(20(5)12-14-27-25)26(30)32-19(3)4/h8-12,14,19,22H,6-7,13,15-18H2,1-5H3/t22-/m1/s1. The number of ether oxygens (including phenoxy) is 2. The number of aromatic nitrogens is 1. The second-order valence-corrected chi connectivity index (χ2v) is 8.72. The Morgan fingerprint density at radius 3 is 2.62 bits per heavy atom. The Labute approximate surface area is 192 Å². The van der Waals surface area contributed by atoms with E-state index in [9.17, 15) is 4.79 Å². The summed E-state index contributed by atoms with van der Waals surface area (Å²) in [6.07, 6.45) is 3.68. The van der Waals surface area contributed by atoms with Gasteiger partial charge in [0.25, 0.3) is 0 Å². The number of aryl methyl sites for hydroxylation is 1. The van der Waals surface area contributed by atoms with Gasteiger partial charge < -0.3 is 14.4 Å². The van der Waals surface area contributed by atoms with E-state index in [0.29, 0.717) is 11.6 Å². The molecule has 1 aromatic carbocycles. The predicted octanol–water partition coefficient (Wildman–Crippen LogP) is 4.84. The highest BCUT2D eigenvalue weighted by molar-refractivity contribution is 5.96. The Morgan fingerprint density at radius 2 is 1.97 bits per heavy atom. The largest absolute Gasteiger partial charge is 0.494 e. The van der Waals surface area contributed by atoms with Crippen molar-refractivity contribution in [3.8, 4) is 5.75 Å². The molecule has 3 rings (SSSR count). The van der Waals surface area contributed by atoms with Crippen LogP contribution < -0.4 is 9.64 Å². The number of carbonyl (C=O) groups is 1. The lowest BCUT2D eigenvalue weighted by molar-refractivity contribution is 0.0377. The van der Waals surface area contributed by atoms with Gasteiger partial charge in [-0.3, -0.25) is 4.90 Å². The van der Waals surface area contributed by atoms with E-state index < -0.39 is 0 Å². The normalized spacial score (nSPS) is 16.1. The molecule has 174 valence electrons. The summed E-state index contributed by atoms with van der Waals surface area (Å²) in [5, 5.41) is 0. The number of anilines is 1. The molecule has 6 nitrogen and oxygen atoms in total. The third-order valence-corrected chi connectivity index (χ3v) is 5.85. The van der Waals surface area contributed by atoms with Crippen LogP contribution >= 0.6 is 0 Å². The van der Waals surface area contributed by atoms with Gasteiger partial charge in [0.1, 0.15) is 17.1 Å². The number of nitrogens with zero attached hydrogens (tertiary/aromatic N) is 3. The van der Waals surface area contributed by atoms with E-state index in [1.165, 1.54) is 5.56 Å². The summed E-state index contributed by atoms with van der Waals surface area (Å²) < 4.78 is 11.2. The fourth-order valence-corrected chi connectivity index (χ4v) is 4.19. The van der Waals surface area contributed by atoms with Gasteiger partial charge in [-0.2, -0.15) is 0 Å². The molecule has 1 aliphatic heterocycles. The molecule has 1 atom stereocenters. The maximum Gasteiger partial charge on any atom is 0.342 e. The number of pyridine rings is 1. The quantitative estimate of drug-likeness (QED) is 0.494. The summed E-state index contributed by atoms with van der Waals surface area (Å²) >= 11 is 0. The van der Waals surface area contributed by atoms with E-state index in [0.717, 1.165) is 62.8 Å². The van der Waals surface area contributed by atoms with Gasteiger partial charge in [0, 0.05) is 31.9 Å². The second-order valence-electron chi connectivity index (χ2n) is 8.72. The molecule has 0 aliphatic carbocycles. The molecule has 1 aliphatic rings. The lowest BCUT2D eigenvalue weighted by atomic mass is 10.1. The van der Waals surface area contributed by atoms with Crippen LogP contribution in [-0.2, 0) is 11.3 Å². The van der Waals surface area contributed by atoms with Crippen molar-refractivity contribution in [3.63, 3.8) is 0 Å². The Bertz CT molecular complexity index is 882. The topological polar surface area (TPSA) is 54.9 Å². The van der Waals surface area contributed by atoms with Gasteiger partial charge in [0.05, 0.1) is 12.7 Å². The van der Waals surface area contributed by atoms with Gasteiger partial charge in [-0.1, -0.05) is 26.0 Å². The van der Waals surface area contributed by atoms with E-state index in [1.54, 1.807) is 6.20 Å². The third-order valence-electron chi connectivity index (χ3n) is 5.85. The van der Waals surface area contributed by atoms with E-state index >= 15 is 0 Å². The molecule has 0 amide bonds. The maximum atomic E-state index is 12.7. The lowest BCUT2D eigenvalue weighted by Crippen LogP contribution is -2.37. The summed E-state index contributed by atoms with van der Waals surface area (Å²) in [7, 11) is 0. The summed E-state index contributed by atoms with van der Waals surface area (Å²) in [5.41, 5.74) is 2.78. The van der Waals surface area contributed by atoms with Crippen molar-refractivity contribution < 1.29 is 14.3 Å². The minimum Gasteiger partial charge on any atom is -0.494 e. The van der Waals surface area contributed by atoms with Gasteiger partial charge >= 0.3 is 5.97 Å². The van der Waals surface area contributed by atoms with Crippen LogP contribution in [0.5, 0.6) is 5.75 Å². The summed E-state index contributed by atoms with van der Waals surface area (Å²) in [6.45, 7) is 14.3. The highest BCUT2D eigenvalue weighted by Crippen LogP contribution is 2.28. The van der Waals surface area contributed by atoms with Gasteiger partial charge in [-0.15, -0.1) is 0 Å². The average Bonchev–Trinajstić information content (AvgIpc) is 3.26. The molecular weight excluding hydrogens is 402 g/mol. The predicted molar refractivity (Wildman–Crippen MR) is 128 cm³/mol. The number of carbonyl (C=O) groups excluding carboxylic acids is 1. The molecule has 1 aromatic heterocycles. The van der Waals surface area contributed by atoms with E-state index in [4.69, 9.17) is 9.47 Å². The molecule has 1 saturated heterocycles. The van der Waals surface area contributed by atoms with Crippen molar-refractivity contribution >= 4 is 11.8 Å². The van der Waals surface area contributed by atoms with Crippen molar-refractivity contribution in [2.75, 3.05) is 31.1 Å². The van der Waals surface area contributed by atoms with Crippen LogP contribution in [0.25, 0.3) is 0 Å². The zero-order chi connectivity index (χ0) is 23.1. The summed E-state index contributed by atoms with van der Waals surface area (Å²) in [6, 6.07) is 10.7. The number of esters is 1. The number of hydrogen-bond acceptors (Lipinski definition) is 6. The molecular formula is C26H37N3O3. The molecule has 2 heterocycles. The minimum atomic E-state index is -0.290. The first-order valence-corrected chi connectivity index (χ1v) is 11.8. The second kappa shape index (κ2) is 11.3. The summed E-state index contributed by atoms with van der Waals surface area (Å²) in [5.74, 6) is 1.38. The van der Waals surface area contributed by atoms with Crippen LogP contribution in [0, 0.1) is 6.92 Å². The van der Waals surface area contributed by atoms with Crippen molar-refractivity contribution in [1.29, 1.82) is 0 Å². The number of rotatable bonds is 10. The lowest BCUT2D eigenvalue weighted by Gasteiger charge is -2.28. The van der Waals surface area contributed by atoms with Gasteiger partial charge in [0.15, 0.2) is 0 Å². The van der Waals surface area contributed by atoms with Gasteiger partial charge in [-0.25, -0.2) is 9.78 Å². The zero-order valence-corrected chi connectivity index (χ0v) is 20.1. The fraction of sp³-hybridized carbons (Fsp3) is 0.538. The van der Waals surface area contributed by atoms with Crippen LogP contribution in [0.15, 0.2) is 36.5 Å². The highest BCUT2D eigenvalue weighted by atomic mass is 16.5. The van der Waals surface area contributed by atoms with Crippen LogP contribution in [0.4, 0.5) is 5.82 Å². The molecule has 1 fully saturated rings. The molecule has 32 heavy (non-hydrogen) atoms. The van der Waals surface area contributed by atoms with Crippen molar-refractivity contribution in [2.45, 2.75) is 66.2 Å². The minimum absolute atomic E-state index is 0.157. The van der Waals surface area contributed by atoms with Crippen LogP contribution in [0.2, 0.25) is 0 Å². The first-order chi connectivity index (χ1) is 15.4. The fourth-order valence-electron chi connectivity index (χ4n) is 4.19. The van der Waals surface area contributed by atoms with Crippen molar-refractivity contribution in [1.82, 2.24) is 9.88 Å². The third kappa shape index (κ3) is 6.00. The Hall–Kier alpha value is -2.60. The van der Waals surface area contributed by atoms with Crippen molar-refractivity contribution in [3.05, 3.63) is 53.2 Å². The summed E-state index contributed by atoms with van der Waals surface area (Å²) in [4.78, 5) is 22.1. The van der Waals surface area contributed by atoms with Crippen LogP contribution in [0.3, 0.4) is 0 Å². The van der Waals surface area contributed by atoms with Crippen LogP contribution in [-0.4, -0.2) is 54.2 Å². The van der Waals surface area contributed by atoms with E-state index in [-0.39, 0.29) is 12.1 Å². The SMILES string of the molecule is CCCOc1ccc(CN(CC)[C@@H]2CCN(c3nccc(C)c3C(=O)OC(C)C)C2)cc1. The molecule has 0 bridgehead atoms. The molecule has 6 heteroatoms. The zero-order valence-electron chi connectivity index (χ0n) is 20.1. The molecule has 0 spiro atoms. The number of likely N-dealkylation sites (N-methyl/N-ethyl adjacent to an activating group) is 1. The smallest absolute Gasteiger partial charge is 0.342 e. The van der Waals surface area contributed by atoms with E-state index in [2.05, 4.69) is 52.9 Å². The first kappa shape index (κ1) is 24.1. The molecule has 0 N–H and O–H groups in total. The molecule has 0 saturated carbocycles. The first-order valence-electron chi connectivity index (χ1n) is 11.8. The van der Waals surface area contributed by atoms with Gasteiger partial charge in [-0.05, 0) is 69.5 Å². The number of hydrogen-bond donors (Lipinski definition) is 0. The molecule has 0 unspecified atom stereocenters.